The lowest BCUT2D eigenvalue weighted by molar-refractivity contribution is 0.303. The predicted octanol–water partition coefficient (Wildman–Crippen LogP) is 10.4. The average Bonchev–Trinajstić information content (AvgIpc) is 2.90. The monoisotopic (exact) mass is 490 g/mol. The van der Waals surface area contributed by atoms with Gasteiger partial charge in [-0.15, -0.1) is 0 Å². The Balaban J connectivity index is 1.44. The van der Waals surface area contributed by atoms with Gasteiger partial charge in [0, 0.05) is 5.56 Å². The molecule has 1 aliphatic rings. The molecule has 1 aliphatic carbocycles. The number of aryl methyl sites for hydroxylation is 1. The topological polar surface area (TPSA) is 0 Å². The number of halogens is 3. The normalized spacial score (nSPS) is 18.1. The van der Waals surface area contributed by atoms with Gasteiger partial charge in [0.2, 0.25) is 0 Å². The summed E-state index contributed by atoms with van der Waals surface area (Å²) < 4.78 is 44.5. The van der Waals surface area contributed by atoms with Crippen LogP contribution in [0.2, 0.25) is 0 Å². The molecule has 0 aliphatic heterocycles. The molecule has 0 saturated heterocycles. The van der Waals surface area contributed by atoms with Crippen molar-refractivity contribution in [2.24, 2.45) is 5.92 Å². The highest BCUT2D eigenvalue weighted by molar-refractivity contribution is 5.72. The lowest BCUT2D eigenvalue weighted by Crippen LogP contribution is -2.14. The van der Waals surface area contributed by atoms with E-state index in [1.165, 1.54) is 12.8 Å². The van der Waals surface area contributed by atoms with Crippen molar-refractivity contribution in [3.05, 3.63) is 94.3 Å². The third-order valence-electron chi connectivity index (χ3n) is 7.66. The maximum absolute atomic E-state index is 15.1. The Morgan fingerprint density at radius 3 is 2.11 bits per heavy atom. The molecule has 1 saturated carbocycles. The SMILES string of the molecule is CCCCc1ccc(/C=C/c2ccc(-c3ccc(C4CCC(CCC)CC4)c(F)c3F)cc2)cc1F. The van der Waals surface area contributed by atoms with E-state index in [1.54, 1.807) is 18.2 Å². The van der Waals surface area contributed by atoms with E-state index in [0.717, 1.165) is 67.6 Å². The highest BCUT2D eigenvalue weighted by Crippen LogP contribution is 2.40. The van der Waals surface area contributed by atoms with Crippen LogP contribution in [0.15, 0.2) is 54.6 Å². The first-order chi connectivity index (χ1) is 17.5. The Morgan fingerprint density at radius 2 is 1.44 bits per heavy atom. The van der Waals surface area contributed by atoms with Gasteiger partial charge in [0.05, 0.1) is 0 Å². The van der Waals surface area contributed by atoms with Crippen LogP contribution in [0.1, 0.15) is 93.4 Å². The Morgan fingerprint density at radius 1 is 0.750 bits per heavy atom. The van der Waals surface area contributed by atoms with Crippen molar-refractivity contribution in [1.29, 1.82) is 0 Å². The molecule has 0 amide bonds. The van der Waals surface area contributed by atoms with Gasteiger partial charge >= 0.3 is 0 Å². The summed E-state index contributed by atoms with van der Waals surface area (Å²) >= 11 is 0. The summed E-state index contributed by atoms with van der Waals surface area (Å²) in [5.41, 5.74) is 3.92. The van der Waals surface area contributed by atoms with E-state index in [4.69, 9.17) is 0 Å². The van der Waals surface area contributed by atoms with Crippen LogP contribution in [0.4, 0.5) is 13.2 Å². The molecule has 36 heavy (non-hydrogen) atoms. The Hall–Kier alpha value is -2.81. The molecular formula is C33H37F3. The van der Waals surface area contributed by atoms with Crippen molar-refractivity contribution < 1.29 is 13.2 Å². The third-order valence-corrected chi connectivity index (χ3v) is 7.66. The summed E-state index contributed by atoms with van der Waals surface area (Å²) in [6, 6.07) is 16.2. The fourth-order valence-corrected chi connectivity index (χ4v) is 5.48. The number of unbranched alkanes of at least 4 members (excludes halogenated alkanes) is 1. The minimum absolute atomic E-state index is 0.111. The smallest absolute Gasteiger partial charge is 0.166 e. The molecule has 3 heteroatoms. The summed E-state index contributed by atoms with van der Waals surface area (Å²) in [7, 11) is 0. The predicted molar refractivity (Wildman–Crippen MR) is 145 cm³/mol. The van der Waals surface area contributed by atoms with Crippen LogP contribution in [0, 0.1) is 23.4 Å². The van der Waals surface area contributed by atoms with Gasteiger partial charge < -0.3 is 0 Å². The fourth-order valence-electron chi connectivity index (χ4n) is 5.48. The molecule has 0 bridgehead atoms. The zero-order chi connectivity index (χ0) is 25.5. The minimum Gasteiger partial charge on any atom is -0.207 e. The fraction of sp³-hybridized carbons (Fsp3) is 0.394. The largest absolute Gasteiger partial charge is 0.207 e. The van der Waals surface area contributed by atoms with E-state index in [9.17, 15) is 4.39 Å². The first-order valence-corrected chi connectivity index (χ1v) is 13.5. The minimum atomic E-state index is -0.759. The van der Waals surface area contributed by atoms with Gasteiger partial charge in [-0.1, -0.05) is 93.8 Å². The van der Waals surface area contributed by atoms with E-state index in [1.807, 2.05) is 48.6 Å². The van der Waals surface area contributed by atoms with Gasteiger partial charge in [0.25, 0.3) is 0 Å². The quantitative estimate of drug-likeness (QED) is 0.262. The van der Waals surface area contributed by atoms with Gasteiger partial charge in [0.15, 0.2) is 11.6 Å². The van der Waals surface area contributed by atoms with E-state index in [-0.39, 0.29) is 17.3 Å². The molecule has 1 fully saturated rings. The van der Waals surface area contributed by atoms with Crippen molar-refractivity contribution in [3.8, 4) is 11.1 Å². The molecule has 3 aromatic rings. The molecule has 0 heterocycles. The second-order valence-electron chi connectivity index (χ2n) is 10.2. The lowest BCUT2D eigenvalue weighted by Gasteiger charge is -2.29. The van der Waals surface area contributed by atoms with E-state index < -0.39 is 11.6 Å². The molecular weight excluding hydrogens is 453 g/mol. The van der Waals surface area contributed by atoms with Crippen LogP contribution < -0.4 is 0 Å². The maximum Gasteiger partial charge on any atom is 0.166 e. The van der Waals surface area contributed by atoms with Crippen molar-refractivity contribution in [2.45, 2.75) is 77.6 Å². The summed E-state index contributed by atoms with van der Waals surface area (Å²) in [6.07, 6.45) is 13.0. The number of hydrogen-bond donors (Lipinski definition) is 0. The molecule has 0 radical (unpaired) electrons. The van der Waals surface area contributed by atoms with Crippen molar-refractivity contribution in [2.75, 3.05) is 0 Å². The van der Waals surface area contributed by atoms with Crippen LogP contribution in [0.3, 0.4) is 0 Å². The van der Waals surface area contributed by atoms with Crippen LogP contribution in [0.25, 0.3) is 23.3 Å². The zero-order valence-corrected chi connectivity index (χ0v) is 21.5. The Bertz CT molecular complexity index is 1170. The molecule has 0 unspecified atom stereocenters. The van der Waals surface area contributed by atoms with Gasteiger partial charge in [-0.3, -0.25) is 0 Å². The third kappa shape index (κ3) is 6.30. The van der Waals surface area contributed by atoms with Crippen molar-refractivity contribution >= 4 is 12.2 Å². The van der Waals surface area contributed by atoms with Crippen molar-refractivity contribution in [3.63, 3.8) is 0 Å². The van der Waals surface area contributed by atoms with Gasteiger partial charge in [0.1, 0.15) is 5.82 Å². The van der Waals surface area contributed by atoms with E-state index >= 15 is 8.78 Å². The summed E-state index contributed by atoms with van der Waals surface area (Å²) in [4.78, 5) is 0. The second kappa shape index (κ2) is 12.4. The van der Waals surface area contributed by atoms with Gasteiger partial charge in [-0.2, -0.15) is 0 Å². The number of hydrogen-bond acceptors (Lipinski definition) is 0. The van der Waals surface area contributed by atoms with Crippen LogP contribution >= 0.6 is 0 Å². The highest BCUT2D eigenvalue weighted by atomic mass is 19.2. The van der Waals surface area contributed by atoms with Crippen LogP contribution in [-0.4, -0.2) is 0 Å². The number of benzene rings is 3. The molecule has 0 N–H and O–H groups in total. The molecule has 4 rings (SSSR count). The summed E-state index contributed by atoms with van der Waals surface area (Å²) in [5, 5.41) is 0. The average molecular weight is 491 g/mol. The molecule has 0 spiro atoms. The second-order valence-corrected chi connectivity index (χ2v) is 10.2. The van der Waals surface area contributed by atoms with E-state index in [0.29, 0.717) is 11.1 Å². The molecule has 3 aromatic carbocycles. The van der Waals surface area contributed by atoms with Crippen molar-refractivity contribution in [1.82, 2.24) is 0 Å². The zero-order valence-electron chi connectivity index (χ0n) is 21.5. The number of rotatable bonds is 9. The van der Waals surface area contributed by atoms with E-state index in [2.05, 4.69) is 13.8 Å². The van der Waals surface area contributed by atoms with Gasteiger partial charge in [-0.05, 0) is 84.2 Å². The Kier molecular flexibility index (Phi) is 9.07. The molecule has 0 aromatic heterocycles. The van der Waals surface area contributed by atoms with Crippen LogP contribution in [0.5, 0.6) is 0 Å². The lowest BCUT2D eigenvalue weighted by atomic mass is 9.77. The molecule has 0 nitrogen and oxygen atoms in total. The molecule has 190 valence electrons. The first-order valence-electron chi connectivity index (χ1n) is 13.5. The molecule has 0 atom stereocenters. The highest BCUT2D eigenvalue weighted by Gasteiger charge is 2.26. The summed E-state index contributed by atoms with van der Waals surface area (Å²) in [5.74, 6) is -0.782. The first kappa shape index (κ1) is 26.3. The Labute approximate surface area is 214 Å². The van der Waals surface area contributed by atoms with Crippen LogP contribution in [-0.2, 0) is 6.42 Å². The standard InChI is InChI=1S/C33H37F3/c1-3-5-7-28-19-14-25(22-31(28)34)9-8-24-12-17-27(18-13-24)30-21-20-29(32(35)33(30)36)26-15-10-23(6-4-2)11-16-26/h8-9,12-14,17-23,26H,3-7,10-11,15-16H2,1-2H3/b9-8+. The summed E-state index contributed by atoms with van der Waals surface area (Å²) in [6.45, 7) is 4.30. The van der Waals surface area contributed by atoms with Gasteiger partial charge in [-0.25, -0.2) is 13.2 Å². The maximum atomic E-state index is 15.1.